The lowest BCUT2D eigenvalue weighted by Gasteiger charge is -2.36. The van der Waals surface area contributed by atoms with Gasteiger partial charge >= 0.3 is 0 Å². The Morgan fingerprint density at radius 3 is 1.82 bits per heavy atom. The largest absolute Gasteiger partial charge is 0.393 e. The molecule has 2 heterocycles. The minimum atomic E-state index is -0.0423. The maximum atomic E-state index is 9.46. The highest BCUT2D eigenvalue weighted by Gasteiger charge is 2.19. The normalized spacial score (nSPS) is 26.5. The van der Waals surface area contributed by atoms with Crippen molar-refractivity contribution < 1.29 is 5.11 Å². The highest BCUT2D eigenvalue weighted by molar-refractivity contribution is 4.75. The quantitative estimate of drug-likeness (QED) is 0.755. The first-order chi connectivity index (χ1) is 8.28. The standard InChI is InChI=1S/C13H27N3O/c1-2-14-7-9-16(10-8-14)12-11-15-5-3-13(17)4-6-15/h13,17H,2-12H2,1H3. The molecule has 0 aliphatic carbocycles. The van der Waals surface area contributed by atoms with E-state index in [4.69, 9.17) is 0 Å². The first-order valence-electron chi connectivity index (χ1n) is 7.13. The van der Waals surface area contributed by atoms with Gasteiger partial charge in [-0.15, -0.1) is 0 Å². The van der Waals surface area contributed by atoms with Crippen molar-refractivity contribution in [2.45, 2.75) is 25.9 Å². The fourth-order valence-corrected chi connectivity index (χ4v) is 2.75. The van der Waals surface area contributed by atoms with Crippen LogP contribution in [0.25, 0.3) is 0 Å². The maximum Gasteiger partial charge on any atom is 0.0564 e. The minimum absolute atomic E-state index is 0.0423. The number of likely N-dealkylation sites (tertiary alicyclic amines) is 1. The van der Waals surface area contributed by atoms with E-state index < -0.39 is 0 Å². The fraction of sp³-hybridized carbons (Fsp3) is 1.00. The van der Waals surface area contributed by atoms with Gasteiger partial charge in [0, 0.05) is 52.4 Å². The van der Waals surface area contributed by atoms with E-state index in [0.29, 0.717) is 0 Å². The zero-order chi connectivity index (χ0) is 12.1. The van der Waals surface area contributed by atoms with Gasteiger partial charge in [0.05, 0.1) is 6.10 Å². The van der Waals surface area contributed by atoms with E-state index in [1.54, 1.807) is 0 Å². The van der Waals surface area contributed by atoms with Crippen molar-refractivity contribution in [2.24, 2.45) is 0 Å². The third-order valence-corrected chi connectivity index (χ3v) is 4.20. The Hall–Kier alpha value is -0.160. The first-order valence-corrected chi connectivity index (χ1v) is 7.13. The summed E-state index contributed by atoms with van der Waals surface area (Å²) in [5, 5.41) is 9.46. The Kier molecular flexibility index (Phi) is 5.22. The lowest BCUT2D eigenvalue weighted by Crippen LogP contribution is -2.49. The van der Waals surface area contributed by atoms with Crippen molar-refractivity contribution in [1.29, 1.82) is 0 Å². The van der Waals surface area contributed by atoms with Gasteiger partial charge in [-0.2, -0.15) is 0 Å². The number of likely N-dealkylation sites (N-methyl/N-ethyl adjacent to an activating group) is 1. The number of hydrogen-bond acceptors (Lipinski definition) is 4. The summed E-state index contributed by atoms with van der Waals surface area (Å²) in [5.74, 6) is 0. The molecule has 2 aliphatic rings. The molecule has 0 bridgehead atoms. The van der Waals surface area contributed by atoms with Gasteiger partial charge in [-0.05, 0) is 19.4 Å². The molecule has 0 aromatic carbocycles. The summed E-state index contributed by atoms with van der Waals surface area (Å²) in [6.45, 7) is 12.9. The van der Waals surface area contributed by atoms with Crippen LogP contribution in [-0.4, -0.2) is 84.8 Å². The molecule has 2 fully saturated rings. The lowest BCUT2D eigenvalue weighted by atomic mass is 10.1. The predicted octanol–water partition coefficient (Wildman–Crippen LogP) is 0.0806. The molecule has 4 heteroatoms. The molecule has 2 saturated heterocycles. The number of rotatable bonds is 4. The van der Waals surface area contributed by atoms with E-state index in [9.17, 15) is 5.11 Å². The zero-order valence-electron chi connectivity index (χ0n) is 11.1. The molecule has 0 atom stereocenters. The molecule has 0 spiro atoms. The van der Waals surface area contributed by atoms with Crippen molar-refractivity contribution in [3.05, 3.63) is 0 Å². The van der Waals surface area contributed by atoms with Crippen LogP contribution in [0.2, 0.25) is 0 Å². The molecule has 1 N–H and O–H groups in total. The SMILES string of the molecule is CCN1CCN(CCN2CCC(O)CC2)CC1. The summed E-state index contributed by atoms with van der Waals surface area (Å²) < 4.78 is 0. The fourth-order valence-electron chi connectivity index (χ4n) is 2.75. The highest BCUT2D eigenvalue weighted by Crippen LogP contribution is 2.10. The maximum absolute atomic E-state index is 9.46. The summed E-state index contributed by atoms with van der Waals surface area (Å²) in [7, 11) is 0. The zero-order valence-corrected chi connectivity index (χ0v) is 11.1. The molecule has 100 valence electrons. The topological polar surface area (TPSA) is 30.0 Å². The lowest BCUT2D eigenvalue weighted by molar-refractivity contribution is 0.0697. The third kappa shape index (κ3) is 4.21. The van der Waals surface area contributed by atoms with Crippen LogP contribution in [-0.2, 0) is 0 Å². The molecule has 2 rings (SSSR count). The molecule has 0 aromatic heterocycles. The van der Waals surface area contributed by atoms with Gasteiger partial charge in [-0.3, -0.25) is 4.90 Å². The number of nitrogens with zero attached hydrogens (tertiary/aromatic N) is 3. The van der Waals surface area contributed by atoms with Gasteiger partial charge in [0.2, 0.25) is 0 Å². The molecule has 17 heavy (non-hydrogen) atoms. The second kappa shape index (κ2) is 6.69. The first kappa shape index (κ1) is 13.3. The van der Waals surface area contributed by atoms with E-state index in [-0.39, 0.29) is 6.10 Å². The van der Waals surface area contributed by atoms with Gasteiger partial charge in [-0.25, -0.2) is 0 Å². The number of aliphatic hydroxyl groups excluding tert-OH is 1. The smallest absolute Gasteiger partial charge is 0.0564 e. The molecule has 0 radical (unpaired) electrons. The Morgan fingerprint density at radius 1 is 0.824 bits per heavy atom. The van der Waals surface area contributed by atoms with Crippen molar-refractivity contribution in [1.82, 2.24) is 14.7 Å². The average Bonchev–Trinajstić information content (AvgIpc) is 2.39. The van der Waals surface area contributed by atoms with E-state index >= 15 is 0 Å². The predicted molar refractivity (Wildman–Crippen MR) is 70.2 cm³/mol. The van der Waals surface area contributed by atoms with E-state index in [1.165, 1.54) is 45.8 Å². The van der Waals surface area contributed by atoms with Gasteiger partial charge < -0.3 is 14.9 Å². The Morgan fingerprint density at radius 2 is 1.29 bits per heavy atom. The summed E-state index contributed by atoms with van der Waals surface area (Å²) >= 11 is 0. The monoisotopic (exact) mass is 241 g/mol. The number of piperidine rings is 1. The second-order valence-electron chi connectivity index (χ2n) is 5.35. The molecule has 4 nitrogen and oxygen atoms in total. The summed E-state index contributed by atoms with van der Waals surface area (Å²) in [6.07, 6.45) is 1.88. The van der Waals surface area contributed by atoms with Crippen molar-refractivity contribution in [2.75, 3.05) is 58.9 Å². The molecule has 0 aromatic rings. The number of piperazine rings is 1. The summed E-state index contributed by atoms with van der Waals surface area (Å²) in [5.41, 5.74) is 0. The van der Waals surface area contributed by atoms with Gasteiger partial charge in [0.1, 0.15) is 0 Å². The van der Waals surface area contributed by atoms with Crippen LogP contribution in [0.4, 0.5) is 0 Å². The van der Waals surface area contributed by atoms with Gasteiger partial charge in [0.15, 0.2) is 0 Å². The van der Waals surface area contributed by atoms with Crippen LogP contribution in [0.1, 0.15) is 19.8 Å². The van der Waals surface area contributed by atoms with Crippen molar-refractivity contribution in [3.8, 4) is 0 Å². The molecule has 2 aliphatic heterocycles. The second-order valence-corrected chi connectivity index (χ2v) is 5.35. The van der Waals surface area contributed by atoms with Crippen molar-refractivity contribution in [3.63, 3.8) is 0 Å². The molecule has 0 amide bonds. The Bertz CT molecular complexity index is 209. The molecular formula is C13H27N3O. The third-order valence-electron chi connectivity index (χ3n) is 4.20. The van der Waals surface area contributed by atoms with Crippen LogP contribution >= 0.6 is 0 Å². The van der Waals surface area contributed by atoms with E-state index in [0.717, 1.165) is 25.9 Å². The summed E-state index contributed by atoms with van der Waals surface area (Å²) in [6, 6.07) is 0. The number of aliphatic hydroxyl groups is 1. The highest BCUT2D eigenvalue weighted by atomic mass is 16.3. The number of hydrogen-bond donors (Lipinski definition) is 1. The van der Waals surface area contributed by atoms with Gasteiger partial charge in [-0.1, -0.05) is 6.92 Å². The van der Waals surface area contributed by atoms with Crippen LogP contribution in [0, 0.1) is 0 Å². The molecule has 0 unspecified atom stereocenters. The van der Waals surface area contributed by atoms with Crippen LogP contribution in [0.3, 0.4) is 0 Å². The van der Waals surface area contributed by atoms with Crippen LogP contribution in [0.15, 0.2) is 0 Å². The average molecular weight is 241 g/mol. The Labute approximate surface area is 105 Å². The van der Waals surface area contributed by atoms with E-state index in [1.807, 2.05) is 0 Å². The van der Waals surface area contributed by atoms with E-state index in [2.05, 4.69) is 21.6 Å². The Balaban J connectivity index is 1.59. The summed E-state index contributed by atoms with van der Waals surface area (Å²) in [4.78, 5) is 7.60. The van der Waals surface area contributed by atoms with Crippen molar-refractivity contribution >= 4 is 0 Å². The minimum Gasteiger partial charge on any atom is -0.393 e. The van der Waals surface area contributed by atoms with Gasteiger partial charge in [0.25, 0.3) is 0 Å². The van der Waals surface area contributed by atoms with Crippen LogP contribution in [0.5, 0.6) is 0 Å². The molecule has 0 saturated carbocycles. The molecular weight excluding hydrogens is 214 g/mol. The van der Waals surface area contributed by atoms with Crippen LogP contribution < -0.4 is 0 Å².